The van der Waals surface area contributed by atoms with E-state index in [2.05, 4.69) is 75.4 Å². The molecule has 2 rings (SSSR count). The highest BCUT2D eigenvalue weighted by Gasteiger charge is 2.22. The Bertz CT molecular complexity index is 376. The molecule has 0 spiro atoms. The summed E-state index contributed by atoms with van der Waals surface area (Å²) in [5, 5.41) is 0. The molecule has 0 heteroatoms. The molecular weight excluding hydrogens is 192 g/mol. The topological polar surface area (TPSA) is 0 Å². The van der Waals surface area contributed by atoms with Crippen molar-refractivity contribution >= 4 is 0 Å². The molecule has 0 aliphatic heterocycles. The Morgan fingerprint density at radius 2 is 1.38 bits per heavy atom. The van der Waals surface area contributed by atoms with Gasteiger partial charge in [-0.15, -0.1) is 0 Å². The van der Waals surface area contributed by atoms with E-state index < -0.39 is 0 Å². The van der Waals surface area contributed by atoms with Gasteiger partial charge < -0.3 is 0 Å². The van der Waals surface area contributed by atoms with Crippen LogP contribution < -0.4 is 0 Å². The lowest BCUT2D eigenvalue weighted by Gasteiger charge is -2.28. The zero-order valence-electron chi connectivity index (χ0n) is 10.4. The van der Waals surface area contributed by atoms with E-state index in [4.69, 9.17) is 0 Å². The number of hydrogen-bond acceptors (Lipinski definition) is 0. The van der Waals surface area contributed by atoms with E-state index in [-0.39, 0.29) is 0 Å². The third kappa shape index (κ3) is 2.44. The molecule has 0 radical (unpaired) electrons. The molecule has 0 saturated carbocycles. The fourth-order valence-electron chi connectivity index (χ4n) is 2.08. The molecule has 0 N–H and O–H groups in total. The van der Waals surface area contributed by atoms with Crippen LogP contribution in [0.25, 0.3) is 0 Å². The molecule has 0 fully saturated rings. The molecule has 0 unspecified atom stereocenters. The van der Waals surface area contributed by atoms with Crippen LogP contribution in [0.4, 0.5) is 0 Å². The van der Waals surface area contributed by atoms with Crippen LogP contribution in [0, 0.1) is 11.3 Å². The Morgan fingerprint density at radius 3 is 1.88 bits per heavy atom. The molecule has 84 valence electrons. The van der Waals surface area contributed by atoms with Gasteiger partial charge in [-0.3, -0.25) is 0 Å². The highest BCUT2D eigenvalue weighted by Crippen LogP contribution is 2.33. The largest absolute Gasteiger partial charge is 0.0802 e. The average Bonchev–Trinajstić information content (AvgIpc) is 2.29. The molecule has 1 aromatic rings. The first-order chi connectivity index (χ1) is 7.57. The molecule has 1 aliphatic rings. The van der Waals surface area contributed by atoms with Crippen LogP contribution in [0.3, 0.4) is 0 Å². The van der Waals surface area contributed by atoms with Crippen molar-refractivity contribution in [2.24, 2.45) is 11.3 Å². The predicted molar refractivity (Wildman–Crippen MR) is 70.4 cm³/mol. The SMILES string of the molecule is CC(C)(C)C1C=CC(c2ccccc2)C=C1. The zero-order valence-corrected chi connectivity index (χ0v) is 10.4. The number of rotatable bonds is 1. The Hall–Kier alpha value is -1.30. The molecule has 0 bridgehead atoms. The summed E-state index contributed by atoms with van der Waals surface area (Å²) in [5.74, 6) is 1.02. The van der Waals surface area contributed by atoms with Crippen LogP contribution in [0.2, 0.25) is 0 Å². The van der Waals surface area contributed by atoms with E-state index in [0.29, 0.717) is 17.3 Å². The minimum absolute atomic E-state index is 0.328. The van der Waals surface area contributed by atoms with Crippen molar-refractivity contribution in [2.45, 2.75) is 26.7 Å². The molecular formula is C16H20. The molecule has 0 atom stereocenters. The van der Waals surface area contributed by atoms with Gasteiger partial charge in [0.2, 0.25) is 0 Å². The zero-order chi connectivity index (χ0) is 11.6. The van der Waals surface area contributed by atoms with Gasteiger partial charge in [-0.05, 0) is 16.9 Å². The molecule has 0 nitrogen and oxygen atoms in total. The van der Waals surface area contributed by atoms with Crippen LogP contribution in [0.1, 0.15) is 32.3 Å². The summed E-state index contributed by atoms with van der Waals surface area (Å²) in [6.45, 7) is 6.86. The molecule has 0 aromatic heterocycles. The summed E-state index contributed by atoms with van der Waals surface area (Å²) < 4.78 is 0. The van der Waals surface area contributed by atoms with Gasteiger partial charge in [0.1, 0.15) is 0 Å². The van der Waals surface area contributed by atoms with Crippen LogP contribution in [-0.2, 0) is 0 Å². The first-order valence-corrected chi connectivity index (χ1v) is 5.99. The van der Waals surface area contributed by atoms with E-state index in [1.165, 1.54) is 5.56 Å². The minimum Gasteiger partial charge on any atom is -0.0802 e. The third-order valence-electron chi connectivity index (χ3n) is 3.24. The van der Waals surface area contributed by atoms with Gasteiger partial charge in [0.05, 0.1) is 0 Å². The second kappa shape index (κ2) is 4.29. The van der Waals surface area contributed by atoms with E-state index >= 15 is 0 Å². The number of hydrogen-bond donors (Lipinski definition) is 0. The quantitative estimate of drug-likeness (QED) is 0.599. The summed E-state index contributed by atoms with van der Waals surface area (Å²) in [6.07, 6.45) is 9.34. The highest BCUT2D eigenvalue weighted by atomic mass is 14.3. The fourth-order valence-corrected chi connectivity index (χ4v) is 2.08. The van der Waals surface area contributed by atoms with Crippen LogP contribution in [0.15, 0.2) is 54.6 Å². The first kappa shape index (κ1) is 11.2. The Kier molecular flexibility index (Phi) is 3.00. The second-order valence-corrected chi connectivity index (χ2v) is 5.60. The van der Waals surface area contributed by atoms with Gasteiger partial charge in [0.25, 0.3) is 0 Å². The lowest BCUT2D eigenvalue weighted by atomic mass is 9.77. The Morgan fingerprint density at radius 1 is 0.812 bits per heavy atom. The summed E-state index contributed by atoms with van der Waals surface area (Å²) in [4.78, 5) is 0. The highest BCUT2D eigenvalue weighted by molar-refractivity contribution is 5.32. The number of benzene rings is 1. The Labute approximate surface area is 98.7 Å². The van der Waals surface area contributed by atoms with Crippen LogP contribution in [0.5, 0.6) is 0 Å². The van der Waals surface area contributed by atoms with Crippen molar-refractivity contribution in [3.8, 4) is 0 Å². The van der Waals surface area contributed by atoms with E-state index in [9.17, 15) is 0 Å². The monoisotopic (exact) mass is 212 g/mol. The van der Waals surface area contributed by atoms with Gasteiger partial charge >= 0.3 is 0 Å². The van der Waals surface area contributed by atoms with Crippen molar-refractivity contribution in [1.29, 1.82) is 0 Å². The van der Waals surface area contributed by atoms with Gasteiger partial charge in [0.15, 0.2) is 0 Å². The maximum absolute atomic E-state index is 2.34. The molecule has 0 heterocycles. The maximum atomic E-state index is 2.34. The fraction of sp³-hybridized carbons (Fsp3) is 0.375. The minimum atomic E-state index is 0.328. The summed E-state index contributed by atoms with van der Waals surface area (Å²) in [5.41, 5.74) is 1.71. The van der Waals surface area contributed by atoms with Crippen molar-refractivity contribution < 1.29 is 0 Å². The summed E-state index contributed by atoms with van der Waals surface area (Å²) in [6, 6.07) is 10.7. The van der Waals surface area contributed by atoms with Crippen LogP contribution in [-0.4, -0.2) is 0 Å². The van der Waals surface area contributed by atoms with Crippen molar-refractivity contribution in [2.75, 3.05) is 0 Å². The van der Waals surface area contributed by atoms with Crippen LogP contribution >= 0.6 is 0 Å². The predicted octanol–water partition coefficient (Wildman–Crippen LogP) is 4.56. The maximum Gasteiger partial charge on any atom is 0.0199 e. The summed E-state index contributed by atoms with van der Waals surface area (Å²) in [7, 11) is 0. The molecule has 16 heavy (non-hydrogen) atoms. The van der Waals surface area contributed by atoms with Crippen molar-refractivity contribution in [3.05, 3.63) is 60.2 Å². The van der Waals surface area contributed by atoms with Gasteiger partial charge in [-0.2, -0.15) is 0 Å². The smallest absolute Gasteiger partial charge is 0.0199 e. The first-order valence-electron chi connectivity index (χ1n) is 5.99. The van der Waals surface area contributed by atoms with Crippen molar-refractivity contribution in [1.82, 2.24) is 0 Å². The standard InChI is InChI=1S/C16H20/c1-16(2,3)15-11-9-14(10-12-15)13-7-5-4-6-8-13/h4-12,14-15H,1-3H3. The molecule has 1 aliphatic carbocycles. The van der Waals surface area contributed by atoms with Gasteiger partial charge in [-0.1, -0.05) is 75.4 Å². The van der Waals surface area contributed by atoms with E-state index in [1.54, 1.807) is 0 Å². The average molecular weight is 212 g/mol. The molecule has 0 amide bonds. The molecule has 1 aromatic carbocycles. The van der Waals surface area contributed by atoms with E-state index in [1.807, 2.05) is 0 Å². The Balaban J connectivity index is 2.13. The normalized spacial score (nSPS) is 24.7. The van der Waals surface area contributed by atoms with E-state index in [0.717, 1.165) is 0 Å². The summed E-state index contributed by atoms with van der Waals surface area (Å²) >= 11 is 0. The number of allylic oxidation sites excluding steroid dienone is 4. The van der Waals surface area contributed by atoms with Crippen molar-refractivity contribution in [3.63, 3.8) is 0 Å². The lowest BCUT2D eigenvalue weighted by molar-refractivity contribution is 0.340. The second-order valence-electron chi connectivity index (χ2n) is 5.60. The third-order valence-corrected chi connectivity index (χ3v) is 3.24. The van der Waals surface area contributed by atoms with Gasteiger partial charge in [0, 0.05) is 5.92 Å². The van der Waals surface area contributed by atoms with Gasteiger partial charge in [-0.25, -0.2) is 0 Å². The molecule has 0 saturated heterocycles. The lowest BCUT2D eigenvalue weighted by Crippen LogP contribution is -2.18.